The fourth-order valence-electron chi connectivity index (χ4n) is 5.47. The number of carbonyl (C=O) groups is 2. The van der Waals surface area contributed by atoms with Crippen LogP contribution in [0.3, 0.4) is 0 Å². The Labute approximate surface area is 201 Å². The number of anilines is 2. The van der Waals surface area contributed by atoms with Crippen LogP contribution in [-0.4, -0.2) is 94.8 Å². The first-order valence-electron chi connectivity index (χ1n) is 12.4. The summed E-state index contributed by atoms with van der Waals surface area (Å²) in [4.78, 5) is 33.6. The molecule has 4 heterocycles. The number of aromatic nitrogens is 2. The van der Waals surface area contributed by atoms with Crippen LogP contribution in [-0.2, 0) is 11.3 Å². The first-order chi connectivity index (χ1) is 16.5. The zero-order chi connectivity index (χ0) is 23.7. The Kier molecular flexibility index (Phi) is 6.56. The quantitative estimate of drug-likeness (QED) is 0.746. The van der Waals surface area contributed by atoms with E-state index in [1.54, 1.807) is 12.3 Å². The number of hydrogen-bond donors (Lipinski definition) is 1. The molecular weight excluding hydrogens is 430 g/mol. The summed E-state index contributed by atoms with van der Waals surface area (Å²) < 4.78 is 1.31. The molecule has 3 saturated heterocycles. The molecule has 1 N–H and O–H groups in total. The van der Waals surface area contributed by atoms with Gasteiger partial charge < -0.3 is 15.1 Å². The van der Waals surface area contributed by atoms with E-state index in [9.17, 15) is 9.59 Å². The van der Waals surface area contributed by atoms with Crippen LogP contribution in [0.5, 0.6) is 0 Å². The molecule has 2 amide bonds. The molecule has 0 bridgehead atoms. The molecule has 9 heteroatoms. The lowest BCUT2D eigenvalue weighted by molar-refractivity contribution is -0.114. The zero-order valence-electron chi connectivity index (χ0n) is 20.2. The van der Waals surface area contributed by atoms with E-state index >= 15 is 0 Å². The van der Waals surface area contributed by atoms with Gasteiger partial charge in [0.05, 0.1) is 0 Å². The Hall–Kier alpha value is -2.91. The number of fused-ring (bicyclic) bond motifs is 1. The molecule has 0 saturated carbocycles. The van der Waals surface area contributed by atoms with Gasteiger partial charge in [0, 0.05) is 83.3 Å². The van der Waals surface area contributed by atoms with Gasteiger partial charge in [-0.1, -0.05) is 12.1 Å². The number of piperazine rings is 2. The molecule has 9 nitrogen and oxygen atoms in total. The van der Waals surface area contributed by atoms with Crippen molar-refractivity contribution in [3.63, 3.8) is 0 Å². The molecule has 0 spiro atoms. The highest BCUT2D eigenvalue weighted by Crippen LogP contribution is 2.29. The van der Waals surface area contributed by atoms with Gasteiger partial charge in [0.2, 0.25) is 5.91 Å². The summed E-state index contributed by atoms with van der Waals surface area (Å²) in [5.41, 5.74) is 4.07. The fraction of sp³-hybridized carbons (Fsp3) is 0.560. The van der Waals surface area contributed by atoms with Crippen LogP contribution in [0.2, 0.25) is 0 Å². The largest absolute Gasteiger partial charge is 0.368 e. The van der Waals surface area contributed by atoms with Crippen molar-refractivity contribution >= 4 is 23.4 Å². The second-order valence-corrected chi connectivity index (χ2v) is 9.78. The molecule has 5 rings (SSSR count). The van der Waals surface area contributed by atoms with E-state index in [4.69, 9.17) is 0 Å². The van der Waals surface area contributed by atoms with Gasteiger partial charge in [0.15, 0.2) is 5.82 Å². The Morgan fingerprint density at radius 1 is 1.06 bits per heavy atom. The van der Waals surface area contributed by atoms with Crippen LogP contribution in [0.1, 0.15) is 30.9 Å². The van der Waals surface area contributed by atoms with Gasteiger partial charge >= 0.3 is 6.03 Å². The minimum Gasteiger partial charge on any atom is -0.368 e. The Bertz CT molecular complexity index is 1040. The summed E-state index contributed by atoms with van der Waals surface area (Å²) >= 11 is 0. The molecule has 0 aliphatic carbocycles. The Balaban J connectivity index is 1.20. The third-order valence-corrected chi connectivity index (χ3v) is 7.29. The number of carbonyl (C=O) groups excluding carboxylic acids is 2. The maximum Gasteiger partial charge on any atom is 0.344 e. The number of hydrogen-bond acceptors (Lipinski definition) is 6. The highest BCUT2D eigenvalue weighted by molar-refractivity contribution is 5.88. The summed E-state index contributed by atoms with van der Waals surface area (Å²) in [6.07, 6.45) is 4.24. The molecule has 182 valence electrons. The SMILES string of the molecule is CC(=O)Nc1ccn(C(=O)N2CCN(Cc3ccc(C)cc3N3CCN4CCC[C@H]4C3)CC2)n1. The lowest BCUT2D eigenvalue weighted by atomic mass is 10.0. The number of rotatable bonds is 4. The van der Waals surface area contributed by atoms with Gasteiger partial charge in [-0.15, -0.1) is 5.10 Å². The molecule has 34 heavy (non-hydrogen) atoms. The van der Waals surface area contributed by atoms with E-state index in [0.29, 0.717) is 24.9 Å². The summed E-state index contributed by atoms with van der Waals surface area (Å²) in [5.74, 6) is 0.191. The number of nitrogens with zero attached hydrogens (tertiary/aromatic N) is 6. The lowest BCUT2D eigenvalue weighted by Crippen LogP contribution is -2.51. The lowest BCUT2D eigenvalue weighted by Gasteiger charge is -2.40. The van der Waals surface area contributed by atoms with Crippen molar-refractivity contribution in [1.29, 1.82) is 0 Å². The topological polar surface area (TPSA) is 77.0 Å². The molecule has 3 aliphatic heterocycles. The molecule has 0 radical (unpaired) electrons. The van der Waals surface area contributed by atoms with Crippen molar-refractivity contribution in [2.75, 3.05) is 62.6 Å². The maximum absolute atomic E-state index is 12.8. The molecule has 0 unspecified atom stereocenters. The third-order valence-electron chi connectivity index (χ3n) is 7.29. The fourth-order valence-corrected chi connectivity index (χ4v) is 5.47. The van der Waals surface area contributed by atoms with Crippen molar-refractivity contribution in [2.45, 2.75) is 39.3 Å². The third kappa shape index (κ3) is 4.95. The van der Waals surface area contributed by atoms with E-state index < -0.39 is 0 Å². The zero-order valence-corrected chi connectivity index (χ0v) is 20.2. The summed E-state index contributed by atoms with van der Waals surface area (Å²) in [7, 11) is 0. The Morgan fingerprint density at radius 2 is 1.88 bits per heavy atom. The first-order valence-corrected chi connectivity index (χ1v) is 12.4. The van der Waals surface area contributed by atoms with Crippen molar-refractivity contribution in [3.05, 3.63) is 41.6 Å². The smallest absolute Gasteiger partial charge is 0.344 e. The van der Waals surface area contributed by atoms with Crippen molar-refractivity contribution in [2.24, 2.45) is 0 Å². The minimum atomic E-state index is -0.202. The van der Waals surface area contributed by atoms with Crippen molar-refractivity contribution in [3.8, 4) is 0 Å². The van der Waals surface area contributed by atoms with Gasteiger partial charge in [-0.05, 0) is 43.5 Å². The van der Waals surface area contributed by atoms with E-state index in [1.165, 1.54) is 47.8 Å². The average molecular weight is 466 g/mol. The monoisotopic (exact) mass is 465 g/mol. The van der Waals surface area contributed by atoms with Crippen molar-refractivity contribution < 1.29 is 9.59 Å². The molecule has 1 aromatic carbocycles. The number of amides is 2. The maximum atomic E-state index is 12.8. The molecule has 1 aromatic heterocycles. The van der Waals surface area contributed by atoms with Gasteiger partial charge in [0.25, 0.3) is 0 Å². The van der Waals surface area contributed by atoms with Crippen LogP contribution < -0.4 is 10.2 Å². The molecular formula is C25H35N7O2. The first kappa shape index (κ1) is 22.9. The number of aryl methyl sites for hydroxylation is 1. The standard InChI is InChI=1S/C25H35N7O2/c1-19-5-6-21(23(16-19)31-15-14-29-8-3-4-22(29)18-31)17-28-10-12-30(13-11-28)25(34)32-9-7-24(27-32)26-20(2)33/h5-7,9,16,22H,3-4,8,10-15,17-18H2,1-2H3,(H,26,27,33)/t22-/m0/s1. The van der Waals surface area contributed by atoms with Gasteiger partial charge in [0.1, 0.15) is 0 Å². The van der Waals surface area contributed by atoms with Gasteiger partial charge in [-0.2, -0.15) is 4.68 Å². The van der Waals surface area contributed by atoms with E-state index in [2.05, 4.69) is 50.2 Å². The molecule has 2 aromatic rings. The molecule has 3 fully saturated rings. The highest BCUT2D eigenvalue weighted by atomic mass is 16.2. The highest BCUT2D eigenvalue weighted by Gasteiger charge is 2.31. The summed E-state index contributed by atoms with van der Waals surface area (Å²) in [6, 6.07) is 9.04. The van der Waals surface area contributed by atoms with Crippen molar-refractivity contribution in [1.82, 2.24) is 24.5 Å². The van der Waals surface area contributed by atoms with Crippen LogP contribution in [0, 0.1) is 6.92 Å². The second kappa shape index (κ2) is 9.76. The number of benzene rings is 1. The summed E-state index contributed by atoms with van der Waals surface area (Å²) in [6.45, 7) is 12.1. The molecule has 3 aliphatic rings. The number of nitrogens with one attached hydrogen (secondary N) is 1. The van der Waals surface area contributed by atoms with E-state index in [-0.39, 0.29) is 11.9 Å². The van der Waals surface area contributed by atoms with Gasteiger partial charge in [-0.25, -0.2) is 4.79 Å². The van der Waals surface area contributed by atoms with E-state index in [0.717, 1.165) is 39.3 Å². The van der Waals surface area contributed by atoms with Crippen LogP contribution in [0.15, 0.2) is 30.5 Å². The molecule has 1 atom stereocenters. The minimum absolute atomic E-state index is 0.151. The summed E-state index contributed by atoms with van der Waals surface area (Å²) in [5, 5.41) is 6.79. The predicted molar refractivity (Wildman–Crippen MR) is 132 cm³/mol. The van der Waals surface area contributed by atoms with E-state index in [1.807, 2.05) is 4.90 Å². The van der Waals surface area contributed by atoms with Crippen LogP contribution >= 0.6 is 0 Å². The second-order valence-electron chi connectivity index (χ2n) is 9.78. The average Bonchev–Trinajstić information content (AvgIpc) is 3.49. The van der Waals surface area contributed by atoms with Gasteiger partial charge in [-0.3, -0.25) is 14.6 Å². The Morgan fingerprint density at radius 3 is 2.68 bits per heavy atom. The van der Waals surface area contributed by atoms with Crippen LogP contribution in [0.4, 0.5) is 16.3 Å². The van der Waals surface area contributed by atoms with Crippen LogP contribution in [0.25, 0.3) is 0 Å². The predicted octanol–water partition coefficient (Wildman–Crippen LogP) is 2.22. The normalized spacial score (nSPS) is 21.5.